The third kappa shape index (κ3) is 2.94. The number of amides is 1. The van der Waals surface area contributed by atoms with Crippen LogP contribution < -0.4 is 5.32 Å². The number of carbonyl (C=O) groups excluding carboxylic acids is 1. The number of nitrogens with one attached hydrogen (secondary N) is 1. The van der Waals surface area contributed by atoms with Crippen molar-refractivity contribution in [1.82, 2.24) is 14.8 Å². The minimum Gasteiger partial charge on any atom is -0.296 e. The van der Waals surface area contributed by atoms with E-state index in [9.17, 15) is 4.79 Å². The summed E-state index contributed by atoms with van der Waals surface area (Å²) in [6.45, 7) is 0. The fourth-order valence-corrected chi connectivity index (χ4v) is 4.52. The molecule has 2 aromatic heterocycles. The maximum atomic E-state index is 13.0. The lowest BCUT2D eigenvalue weighted by molar-refractivity contribution is 0.101. The van der Waals surface area contributed by atoms with E-state index in [2.05, 4.69) is 10.3 Å². The maximum Gasteiger partial charge on any atom is 0.276 e. The zero-order valence-electron chi connectivity index (χ0n) is 14.4. The van der Waals surface area contributed by atoms with Crippen LogP contribution in [0, 0.1) is 0 Å². The third-order valence-electron chi connectivity index (χ3n) is 5.02. The summed E-state index contributed by atoms with van der Waals surface area (Å²) >= 11 is 1.61. The minimum absolute atomic E-state index is 0.139. The molecular weight excluding hydrogens is 344 g/mol. The monoisotopic (exact) mass is 364 g/mol. The van der Waals surface area contributed by atoms with Gasteiger partial charge in [0, 0.05) is 10.8 Å². The molecule has 5 rings (SSSR count). The second kappa shape index (κ2) is 6.36. The van der Waals surface area contributed by atoms with Gasteiger partial charge in [-0.15, -0.1) is 11.3 Å². The molecule has 26 heavy (non-hydrogen) atoms. The molecule has 5 nitrogen and oxygen atoms in total. The number of para-hydroxylation sites is 1. The summed E-state index contributed by atoms with van der Waals surface area (Å²) in [5.74, 6) is 0.359. The lowest BCUT2D eigenvalue weighted by Gasteiger charge is -2.06. The van der Waals surface area contributed by atoms with Crippen molar-refractivity contribution in [3.8, 4) is 5.69 Å². The average molecular weight is 364 g/mol. The Kier molecular flexibility index (Phi) is 3.85. The molecule has 2 aliphatic carbocycles. The lowest BCUT2D eigenvalue weighted by atomic mass is 10.0. The van der Waals surface area contributed by atoms with E-state index in [-0.39, 0.29) is 5.91 Å². The standard InChI is InChI=1S/C20H20N4OS/c25-19(22-20-21-15-8-4-5-9-18(15)26-20)17-12-16(13-10-11-13)23-24(17)14-6-2-1-3-7-14/h1-3,6-7,12-13H,4-5,8-11H2,(H,21,22,25). The van der Waals surface area contributed by atoms with E-state index < -0.39 is 0 Å². The molecule has 2 heterocycles. The quantitative estimate of drug-likeness (QED) is 0.749. The number of hydrogen-bond acceptors (Lipinski definition) is 4. The highest BCUT2D eigenvalue weighted by Gasteiger charge is 2.29. The summed E-state index contributed by atoms with van der Waals surface area (Å²) < 4.78 is 1.76. The minimum atomic E-state index is -0.139. The fraction of sp³-hybridized carbons (Fsp3) is 0.350. The van der Waals surface area contributed by atoms with Crippen molar-refractivity contribution in [3.05, 3.63) is 58.4 Å². The van der Waals surface area contributed by atoms with Crippen molar-refractivity contribution < 1.29 is 4.79 Å². The normalized spacial score (nSPS) is 16.3. The highest BCUT2D eigenvalue weighted by atomic mass is 32.1. The van der Waals surface area contributed by atoms with Crippen molar-refractivity contribution in [2.45, 2.75) is 44.4 Å². The Bertz CT molecular complexity index is 932. The molecule has 0 bridgehead atoms. The second-order valence-corrected chi connectivity index (χ2v) is 8.11. The van der Waals surface area contributed by atoms with Gasteiger partial charge in [-0.2, -0.15) is 5.10 Å². The summed E-state index contributed by atoms with van der Waals surface area (Å²) in [5, 5.41) is 8.42. The van der Waals surface area contributed by atoms with E-state index in [0.717, 1.165) is 42.8 Å². The van der Waals surface area contributed by atoms with Gasteiger partial charge in [-0.05, 0) is 56.7 Å². The first-order chi connectivity index (χ1) is 12.8. The average Bonchev–Trinajstić information content (AvgIpc) is 3.28. The molecule has 0 spiro atoms. The smallest absolute Gasteiger partial charge is 0.276 e. The number of aryl methyl sites for hydroxylation is 2. The number of thiazole rings is 1. The lowest BCUT2D eigenvalue weighted by Crippen LogP contribution is -2.16. The Morgan fingerprint density at radius 3 is 2.73 bits per heavy atom. The first-order valence-corrected chi connectivity index (χ1v) is 10.0. The van der Waals surface area contributed by atoms with Gasteiger partial charge in [-0.3, -0.25) is 10.1 Å². The number of hydrogen-bond donors (Lipinski definition) is 1. The van der Waals surface area contributed by atoms with Crippen molar-refractivity contribution in [3.63, 3.8) is 0 Å². The van der Waals surface area contributed by atoms with Gasteiger partial charge in [0.2, 0.25) is 0 Å². The van der Waals surface area contributed by atoms with Gasteiger partial charge in [-0.25, -0.2) is 9.67 Å². The van der Waals surface area contributed by atoms with Gasteiger partial charge >= 0.3 is 0 Å². The first kappa shape index (κ1) is 15.8. The van der Waals surface area contributed by atoms with Crippen LogP contribution in [0.3, 0.4) is 0 Å². The summed E-state index contributed by atoms with van der Waals surface area (Å²) in [6, 6.07) is 11.8. The van der Waals surface area contributed by atoms with Gasteiger partial charge in [0.15, 0.2) is 5.13 Å². The summed E-state index contributed by atoms with van der Waals surface area (Å²) in [4.78, 5) is 18.9. The molecule has 132 valence electrons. The molecule has 0 unspecified atom stereocenters. The van der Waals surface area contributed by atoms with Crippen LogP contribution >= 0.6 is 11.3 Å². The number of fused-ring (bicyclic) bond motifs is 1. The summed E-state index contributed by atoms with van der Waals surface area (Å²) in [7, 11) is 0. The molecule has 1 fully saturated rings. The Morgan fingerprint density at radius 2 is 1.96 bits per heavy atom. The van der Waals surface area contributed by atoms with E-state index in [0.29, 0.717) is 16.7 Å². The predicted octanol–water partition coefficient (Wildman–Crippen LogP) is 4.34. The first-order valence-electron chi connectivity index (χ1n) is 9.23. The van der Waals surface area contributed by atoms with E-state index >= 15 is 0 Å². The third-order valence-corrected chi connectivity index (χ3v) is 6.10. The molecule has 6 heteroatoms. The predicted molar refractivity (Wildman–Crippen MR) is 102 cm³/mol. The fourth-order valence-electron chi connectivity index (χ4n) is 3.47. The summed E-state index contributed by atoms with van der Waals surface area (Å²) in [5.41, 5.74) is 3.65. The Hall–Kier alpha value is -2.47. The van der Waals surface area contributed by atoms with E-state index in [1.165, 1.54) is 17.7 Å². The van der Waals surface area contributed by atoms with Crippen molar-refractivity contribution in [1.29, 1.82) is 0 Å². The number of benzene rings is 1. The Morgan fingerprint density at radius 1 is 1.15 bits per heavy atom. The summed E-state index contributed by atoms with van der Waals surface area (Å²) in [6.07, 6.45) is 6.83. The van der Waals surface area contributed by atoms with Crippen molar-refractivity contribution in [2.75, 3.05) is 5.32 Å². The molecule has 0 saturated heterocycles. The van der Waals surface area contributed by atoms with Crippen LogP contribution in [0.1, 0.15) is 58.4 Å². The van der Waals surface area contributed by atoms with Gasteiger partial charge in [0.05, 0.1) is 17.1 Å². The van der Waals surface area contributed by atoms with E-state index in [4.69, 9.17) is 5.10 Å². The molecule has 0 radical (unpaired) electrons. The van der Waals surface area contributed by atoms with Crippen LogP contribution in [0.4, 0.5) is 5.13 Å². The van der Waals surface area contributed by atoms with Crippen LogP contribution in [-0.2, 0) is 12.8 Å². The largest absolute Gasteiger partial charge is 0.296 e. The highest BCUT2D eigenvalue weighted by Crippen LogP contribution is 2.40. The van der Waals surface area contributed by atoms with Crippen LogP contribution in [0.5, 0.6) is 0 Å². The van der Waals surface area contributed by atoms with Gasteiger partial charge in [-0.1, -0.05) is 18.2 Å². The number of rotatable bonds is 4. The van der Waals surface area contributed by atoms with Gasteiger partial charge in [0.25, 0.3) is 5.91 Å². The van der Waals surface area contributed by atoms with E-state index in [1.807, 2.05) is 36.4 Å². The second-order valence-electron chi connectivity index (χ2n) is 7.03. The van der Waals surface area contributed by atoms with Crippen LogP contribution in [0.15, 0.2) is 36.4 Å². The van der Waals surface area contributed by atoms with Crippen molar-refractivity contribution >= 4 is 22.4 Å². The van der Waals surface area contributed by atoms with Crippen LogP contribution in [0.25, 0.3) is 5.69 Å². The zero-order chi connectivity index (χ0) is 17.5. The molecule has 2 aliphatic rings. The molecular formula is C20H20N4OS. The molecule has 0 atom stereocenters. The number of carbonyl (C=O) groups is 1. The molecule has 3 aromatic rings. The molecule has 0 aliphatic heterocycles. The SMILES string of the molecule is O=C(Nc1nc2c(s1)CCCC2)c1cc(C2CC2)nn1-c1ccccc1. The van der Waals surface area contributed by atoms with Gasteiger partial charge < -0.3 is 0 Å². The van der Waals surface area contributed by atoms with Crippen molar-refractivity contribution in [2.24, 2.45) is 0 Å². The zero-order valence-corrected chi connectivity index (χ0v) is 15.3. The molecule has 1 saturated carbocycles. The van der Waals surface area contributed by atoms with Gasteiger partial charge in [0.1, 0.15) is 5.69 Å². The van der Waals surface area contributed by atoms with E-state index in [1.54, 1.807) is 16.0 Å². The number of anilines is 1. The highest BCUT2D eigenvalue weighted by molar-refractivity contribution is 7.15. The molecule has 1 N–H and O–H groups in total. The molecule has 1 aromatic carbocycles. The number of aromatic nitrogens is 3. The maximum absolute atomic E-state index is 13.0. The topological polar surface area (TPSA) is 59.8 Å². The Labute approximate surface area is 156 Å². The van der Waals surface area contributed by atoms with Crippen LogP contribution in [0.2, 0.25) is 0 Å². The van der Waals surface area contributed by atoms with Crippen LogP contribution in [-0.4, -0.2) is 20.7 Å². The number of nitrogens with zero attached hydrogens (tertiary/aromatic N) is 3. The Balaban J connectivity index is 1.46. The molecule has 1 amide bonds.